The standard InChI is InChI=1S/C45H74N4O6/c1-27(2)37(55-40(51)48-17-8-18-48)31-21-28(3)36-38(53-31)39(50)45(46)33-12-11-32-41(4,5)34(13-14-43(32)26-44(33,43)16-15-42(36,45)6)54-35-25-47(19-20-52-35)22-29-23-49(24-29)30-9-7-10-30/h27-39,50H,7-26,46H2,1-6H3/t28-,31?,32+,33?,34+,35+,36+,37-,38?,39+,42-,43-,44?,45+/m1/s1. The molecule has 10 rings (SSSR count). The van der Waals surface area contributed by atoms with E-state index in [0.717, 1.165) is 83.3 Å². The van der Waals surface area contributed by atoms with E-state index in [9.17, 15) is 9.90 Å². The van der Waals surface area contributed by atoms with Crippen LogP contribution in [0.1, 0.15) is 119 Å². The minimum absolute atomic E-state index is 0.0462. The lowest BCUT2D eigenvalue weighted by atomic mass is 9.43. The maximum Gasteiger partial charge on any atom is 0.410 e. The topological polar surface area (TPSA) is 110 Å². The fourth-order valence-electron chi connectivity index (χ4n) is 16.0. The molecular formula is C45H74N4O6. The van der Waals surface area contributed by atoms with Crippen molar-refractivity contribution in [3.63, 3.8) is 0 Å². The SMILES string of the molecule is CC(C)[C@@H](OC(=O)N1CCC1)C1C[C@@H](C)[C@H]2C(O1)[C@H](O)[C@@]1(N)C3CC[C@H]4C(C)(C)[C@@H](O[C@H]5CN(CC6CN(C7CCC7)C6)CCO5)CC[C@@]45CC35CC[C@]21C. The minimum Gasteiger partial charge on any atom is -0.443 e. The molecule has 6 aliphatic carbocycles. The van der Waals surface area contributed by atoms with E-state index in [0.29, 0.717) is 11.8 Å². The molecule has 4 heterocycles. The van der Waals surface area contributed by atoms with Crippen LogP contribution in [0, 0.1) is 57.2 Å². The number of aliphatic hydroxyl groups excluding tert-OH is 1. The number of hydrogen-bond acceptors (Lipinski definition) is 9. The summed E-state index contributed by atoms with van der Waals surface area (Å²) in [6, 6.07) is 0.873. The van der Waals surface area contributed by atoms with E-state index in [2.05, 4.69) is 51.3 Å². The van der Waals surface area contributed by atoms with Gasteiger partial charge in [0.15, 0.2) is 6.29 Å². The van der Waals surface area contributed by atoms with Gasteiger partial charge in [0.25, 0.3) is 0 Å². The highest BCUT2D eigenvalue weighted by atomic mass is 16.7. The lowest BCUT2D eigenvalue weighted by Crippen LogP contribution is -2.70. The summed E-state index contributed by atoms with van der Waals surface area (Å²) in [6.45, 7) is 22.0. The molecule has 0 bridgehead atoms. The lowest BCUT2D eigenvalue weighted by Gasteiger charge is -2.63. The van der Waals surface area contributed by atoms with Crippen LogP contribution < -0.4 is 5.73 Å². The van der Waals surface area contributed by atoms with Crippen molar-refractivity contribution in [3.8, 4) is 0 Å². The van der Waals surface area contributed by atoms with E-state index in [1.165, 1.54) is 58.2 Å². The average Bonchev–Trinajstić information content (AvgIpc) is 3.70. The van der Waals surface area contributed by atoms with Crippen molar-refractivity contribution in [1.82, 2.24) is 14.7 Å². The van der Waals surface area contributed by atoms with Crippen LogP contribution in [-0.4, -0.2) is 127 Å². The van der Waals surface area contributed by atoms with Gasteiger partial charge in [0.05, 0.1) is 36.6 Å². The van der Waals surface area contributed by atoms with Crippen LogP contribution in [-0.2, 0) is 18.9 Å². The molecule has 10 fully saturated rings. The number of nitrogens with two attached hydrogens (primary N) is 1. The number of fused-ring (bicyclic) bond motifs is 4. The highest BCUT2D eigenvalue weighted by Gasteiger charge is 2.85. The summed E-state index contributed by atoms with van der Waals surface area (Å²) in [5.74, 6) is 2.29. The van der Waals surface area contributed by atoms with Gasteiger partial charge in [-0.3, -0.25) is 9.80 Å². The Kier molecular flexibility index (Phi) is 9.20. The molecule has 310 valence electrons. The van der Waals surface area contributed by atoms with E-state index < -0.39 is 11.6 Å². The third-order valence-corrected chi connectivity index (χ3v) is 19.2. The van der Waals surface area contributed by atoms with Gasteiger partial charge in [0.1, 0.15) is 6.10 Å². The molecule has 0 aromatic rings. The second-order valence-corrected chi connectivity index (χ2v) is 22.2. The minimum atomic E-state index is -0.733. The van der Waals surface area contributed by atoms with Gasteiger partial charge in [0.2, 0.25) is 0 Å². The number of ether oxygens (including phenoxy) is 4. The quantitative estimate of drug-likeness (QED) is 0.313. The second-order valence-electron chi connectivity index (χ2n) is 22.2. The van der Waals surface area contributed by atoms with Crippen LogP contribution in [0.5, 0.6) is 0 Å². The third-order valence-electron chi connectivity index (χ3n) is 19.2. The molecular weight excluding hydrogens is 693 g/mol. The van der Waals surface area contributed by atoms with Gasteiger partial charge < -0.3 is 34.7 Å². The molecule has 4 aliphatic heterocycles. The fraction of sp³-hybridized carbons (Fsp3) is 0.978. The number of hydrogen-bond donors (Lipinski definition) is 2. The van der Waals surface area contributed by atoms with Crippen LogP contribution >= 0.6 is 0 Å². The van der Waals surface area contributed by atoms with Crippen molar-refractivity contribution < 1.29 is 28.8 Å². The van der Waals surface area contributed by atoms with Crippen molar-refractivity contribution in [2.45, 2.75) is 167 Å². The maximum atomic E-state index is 13.0. The Morgan fingerprint density at radius 1 is 0.945 bits per heavy atom. The van der Waals surface area contributed by atoms with Crippen molar-refractivity contribution in [3.05, 3.63) is 0 Å². The summed E-state index contributed by atoms with van der Waals surface area (Å²) in [4.78, 5) is 20.1. The Morgan fingerprint density at radius 2 is 1.69 bits per heavy atom. The smallest absolute Gasteiger partial charge is 0.410 e. The van der Waals surface area contributed by atoms with E-state index in [1.807, 2.05) is 0 Å². The highest BCUT2D eigenvalue weighted by Crippen LogP contribution is 2.87. The van der Waals surface area contributed by atoms with E-state index in [-0.39, 0.29) is 76.2 Å². The number of carbonyl (C=O) groups excluding carboxylic acids is 1. The molecule has 0 aromatic carbocycles. The second kappa shape index (κ2) is 13.2. The summed E-state index contributed by atoms with van der Waals surface area (Å²) in [5, 5.41) is 12.7. The number of nitrogens with zero attached hydrogens (tertiary/aromatic N) is 3. The number of morpholine rings is 1. The van der Waals surface area contributed by atoms with Gasteiger partial charge in [-0.2, -0.15) is 0 Å². The Bertz CT molecular complexity index is 1480. The van der Waals surface area contributed by atoms with E-state index in [1.54, 1.807) is 4.90 Å². The molecule has 55 heavy (non-hydrogen) atoms. The Hall–Kier alpha value is -1.01. The zero-order chi connectivity index (χ0) is 38.3. The van der Waals surface area contributed by atoms with Gasteiger partial charge in [-0.1, -0.05) is 48.0 Å². The normalized spacial score (nSPS) is 50.0. The molecule has 3 N–H and O–H groups in total. The monoisotopic (exact) mass is 767 g/mol. The Morgan fingerprint density at radius 3 is 2.38 bits per heavy atom. The number of likely N-dealkylation sites (tertiary alicyclic amines) is 2. The van der Waals surface area contributed by atoms with Crippen molar-refractivity contribution in [1.29, 1.82) is 0 Å². The molecule has 10 nitrogen and oxygen atoms in total. The van der Waals surface area contributed by atoms with Crippen molar-refractivity contribution in [2.24, 2.45) is 62.9 Å². The summed E-state index contributed by atoms with van der Waals surface area (Å²) in [6.07, 6.45) is 12.3. The molecule has 4 saturated heterocycles. The summed E-state index contributed by atoms with van der Waals surface area (Å²) >= 11 is 0. The molecule has 4 unspecified atom stereocenters. The number of carbonyl (C=O) groups is 1. The predicted octanol–water partition coefficient (Wildman–Crippen LogP) is 5.89. The Labute approximate surface area is 331 Å². The summed E-state index contributed by atoms with van der Waals surface area (Å²) in [5.41, 5.74) is 7.52. The van der Waals surface area contributed by atoms with Crippen LogP contribution in [0.25, 0.3) is 0 Å². The number of amides is 1. The maximum absolute atomic E-state index is 13.0. The van der Waals surface area contributed by atoms with Gasteiger partial charge >= 0.3 is 6.09 Å². The van der Waals surface area contributed by atoms with Crippen LogP contribution in [0.2, 0.25) is 0 Å². The first-order valence-electron chi connectivity index (χ1n) is 23.0. The lowest BCUT2D eigenvalue weighted by molar-refractivity contribution is -0.247. The average molecular weight is 767 g/mol. The zero-order valence-electron chi connectivity index (χ0n) is 35.1. The molecule has 1 amide bonds. The zero-order valence-corrected chi connectivity index (χ0v) is 35.1. The Balaban J connectivity index is 0.821. The van der Waals surface area contributed by atoms with Gasteiger partial charge in [-0.05, 0) is 128 Å². The van der Waals surface area contributed by atoms with Gasteiger partial charge in [0, 0.05) is 51.9 Å². The first-order valence-corrected chi connectivity index (χ1v) is 23.0. The van der Waals surface area contributed by atoms with Crippen LogP contribution in [0.15, 0.2) is 0 Å². The van der Waals surface area contributed by atoms with Crippen LogP contribution in [0.4, 0.5) is 4.79 Å². The largest absolute Gasteiger partial charge is 0.443 e. The first-order chi connectivity index (χ1) is 26.2. The highest BCUT2D eigenvalue weighted by molar-refractivity contribution is 5.68. The molecule has 0 aromatic heterocycles. The molecule has 14 atom stereocenters. The fourth-order valence-corrected chi connectivity index (χ4v) is 16.0. The van der Waals surface area contributed by atoms with Gasteiger partial charge in [-0.25, -0.2) is 4.79 Å². The predicted molar refractivity (Wildman–Crippen MR) is 210 cm³/mol. The van der Waals surface area contributed by atoms with Crippen molar-refractivity contribution in [2.75, 3.05) is 52.4 Å². The summed E-state index contributed by atoms with van der Waals surface area (Å²) in [7, 11) is 0. The first kappa shape index (κ1) is 38.2. The molecule has 10 aliphatic rings. The molecule has 10 heteroatoms. The van der Waals surface area contributed by atoms with E-state index in [4.69, 9.17) is 24.7 Å². The van der Waals surface area contributed by atoms with Crippen LogP contribution in [0.3, 0.4) is 0 Å². The van der Waals surface area contributed by atoms with Gasteiger partial charge in [-0.15, -0.1) is 0 Å². The number of rotatable bonds is 8. The number of aliphatic hydroxyl groups is 1. The molecule has 0 radical (unpaired) electrons. The van der Waals surface area contributed by atoms with E-state index >= 15 is 0 Å². The summed E-state index contributed by atoms with van der Waals surface area (Å²) < 4.78 is 26.6. The van der Waals surface area contributed by atoms with Crippen molar-refractivity contribution >= 4 is 6.09 Å². The molecule has 2 spiro atoms. The third kappa shape index (κ3) is 5.45. The molecule has 6 saturated carbocycles.